The van der Waals surface area contributed by atoms with Crippen LogP contribution in [0.4, 0.5) is 29.2 Å². The van der Waals surface area contributed by atoms with Crippen LogP contribution in [0, 0.1) is 17.7 Å². The number of nitrogens with zero attached hydrogens (tertiary/aromatic N) is 2. The molecule has 0 atom stereocenters. The number of anilines is 2. The number of carbonyl (C=O) groups is 1. The molecule has 0 spiro atoms. The van der Waals surface area contributed by atoms with E-state index >= 15 is 0 Å². The van der Waals surface area contributed by atoms with Crippen molar-refractivity contribution in [2.75, 3.05) is 25.1 Å². The number of ether oxygens (including phenoxy) is 2. The first-order valence-electron chi connectivity index (χ1n) is 12.0. The number of halogens is 5. The van der Waals surface area contributed by atoms with Crippen LogP contribution in [0.15, 0.2) is 24.3 Å². The molecular formula is C25H25ClF4N4O3. The fraction of sp³-hybridized carbons (Fsp3) is 0.440. The number of aromatic nitrogens is 2. The molecule has 1 aliphatic carbocycles. The second-order valence-corrected chi connectivity index (χ2v) is 9.74. The Bertz CT molecular complexity index is 1320. The van der Waals surface area contributed by atoms with Gasteiger partial charge in [-0.1, -0.05) is 17.7 Å². The summed E-state index contributed by atoms with van der Waals surface area (Å²) >= 11 is 6.15. The van der Waals surface area contributed by atoms with Crippen molar-refractivity contribution in [2.24, 2.45) is 18.9 Å². The molecule has 5 rings (SSSR count). The molecule has 1 aromatic heterocycles. The summed E-state index contributed by atoms with van der Waals surface area (Å²) in [5.41, 5.74) is 1.23. The van der Waals surface area contributed by atoms with Crippen LogP contribution in [0.1, 0.15) is 36.0 Å². The maximum atomic E-state index is 14.3. The Balaban J connectivity index is 1.39. The van der Waals surface area contributed by atoms with Gasteiger partial charge in [0.25, 0.3) is 5.91 Å². The second kappa shape index (κ2) is 9.92. The third-order valence-corrected chi connectivity index (χ3v) is 7.27. The molecule has 1 amide bonds. The first kappa shape index (κ1) is 25.4. The first-order valence-corrected chi connectivity index (χ1v) is 12.4. The predicted octanol–water partition coefficient (Wildman–Crippen LogP) is 5.98. The normalized spacial score (nSPS) is 19.6. The Morgan fingerprint density at radius 1 is 1.16 bits per heavy atom. The molecule has 0 unspecified atom stereocenters. The Hall–Kier alpha value is -3.21. The number of alkyl halides is 3. The SMILES string of the molecule is Cn1c(Nc2c(F)cccc2Cl)nc2cc(C(=O)NCC3CCC(C(F)(F)F)CC3)c3c(c21)OCCO3. The van der Waals surface area contributed by atoms with Gasteiger partial charge in [0.05, 0.1) is 27.7 Å². The molecule has 2 aliphatic rings. The Morgan fingerprint density at radius 2 is 1.86 bits per heavy atom. The number of aryl methyl sites for hydroxylation is 1. The number of amides is 1. The van der Waals surface area contributed by atoms with Crippen molar-refractivity contribution in [3.63, 3.8) is 0 Å². The molecule has 2 aromatic carbocycles. The van der Waals surface area contributed by atoms with Gasteiger partial charge < -0.3 is 24.7 Å². The zero-order valence-corrected chi connectivity index (χ0v) is 20.7. The van der Waals surface area contributed by atoms with Crippen molar-refractivity contribution < 1.29 is 31.8 Å². The van der Waals surface area contributed by atoms with E-state index in [1.54, 1.807) is 23.7 Å². The van der Waals surface area contributed by atoms with E-state index in [1.165, 1.54) is 12.1 Å². The van der Waals surface area contributed by atoms with E-state index in [-0.39, 0.29) is 66.5 Å². The van der Waals surface area contributed by atoms with Crippen molar-refractivity contribution in [3.05, 3.63) is 40.7 Å². The summed E-state index contributed by atoms with van der Waals surface area (Å²) in [6.07, 6.45) is -3.24. The number of carbonyl (C=O) groups excluding carboxylic acids is 1. The topological polar surface area (TPSA) is 77.4 Å². The Morgan fingerprint density at radius 3 is 2.54 bits per heavy atom. The number of hydrogen-bond acceptors (Lipinski definition) is 5. The fourth-order valence-electron chi connectivity index (χ4n) is 4.92. The van der Waals surface area contributed by atoms with Gasteiger partial charge in [-0.3, -0.25) is 4.79 Å². The zero-order valence-electron chi connectivity index (χ0n) is 19.9. The van der Waals surface area contributed by atoms with Crippen molar-refractivity contribution in [1.29, 1.82) is 0 Å². The summed E-state index contributed by atoms with van der Waals surface area (Å²) in [4.78, 5) is 17.7. The van der Waals surface area contributed by atoms with E-state index in [0.29, 0.717) is 29.6 Å². The molecule has 0 bridgehead atoms. The average Bonchev–Trinajstić information content (AvgIpc) is 3.19. The predicted molar refractivity (Wildman–Crippen MR) is 130 cm³/mol. The smallest absolute Gasteiger partial charge is 0.391 e. The first-order chi connectivity index (χ1) is 17.6. The lowest BCUT2D eigenvalue weighted by atomic mass is 9.81. The van der Waals surface area contributed by atoms with Crippen LogP contribution in [-0.4, -0.2) is 41.4 Å². The summed E-state index contributed by atoms with van der Waals surface area (Å²) in [5.74, 6) is -1.42. The lowest BCUT2D eigenvalue weighted by Crippen LogP contribution is -2.34. The van der Waals surface area contributed by atoms with Crippen molar-refractivity contribution in [2.45, 2.75) is 31.9 Å². The van der Waals surface area contributed by atoms with Crippen molar-refractivity contribution >= 4 is 40.2 Å². The van der Waals surface area contributed by atoms with Gasteiger partial charge in [0.2, 0.25) is 5.95 Å². The van der Waals surface area contributed by atoms with Crippen LogP contribution in [-0.2, 0) is 7.05 Å². The minimum Gasteiger partial charge on any atom is -0.485 e. The molecular weight excluding hydrogens is 516 g/mol. The standard InChI is InChI=1S/C25H25ClF4N4O3/c1-34-20-18(32-24(34)33-19-16(26)3-2-4-17(19)27)11-15(21-22(20)37-10-9-36-21)23(35)31-12-13-5-7-14(8-6-13)25(28,29)30/h2-4,11,13-14H,5-10,12H2,1H3,(H,31,35)(H,32,33). The summed E-state index contributed by atoms with van der Waals surface area (Å²) in [7, 11) is 1.71. The summed E-state index contributed by atoms with van der Waals surface area (Å²) in [6, 6.07) is 5.87. The number of hydrogen-bond donors (Lipinski definition) is 2. The zero-order chi connectivity index (χ0) is 26.3. The van der Waals surface area contributed by atoms with Crippen LogP contribution in [0.25, 0.3) is 11.0 Å². The molecule has 0 radical (unpaired) electrons. The van der Waals surface area contributed by atoms with Crippen LogP contribution in [0.5, 0.6) is 11.5 Å². The molecule has 1 saturated carbocycles. The van der Waals surface area contributed by atoms with Gasteiger partial charge in [-0.05, 0) is 49.8 Å². The lowest BCUT2D eigenvalue weighted by Gasteiger charge is -2.30. The number of benzene rings is 2. The van der Waals surface area contributed by atoms with E-state index in [9.17, 15) is 22.4 Å². The van der Waals surface area contributed by atoms with Crippen molar-refractivity contribution in [3.8, 4) is 11.5 Å². The van der Waals surface area contributed by atoms with E-state index in [0.717, 1.165) is 0 Å². The molecule has 2 heterocycles. The van der Waals surface area contributed by atoms with Gasteiger partial charge in [-0.15, -0.1) is 0 Å². The van der Waals surface area contributed by atoms with E-state index in [4.69, 9.17) is 21.1 Å². The molecule has 7 nitrogen and oxygen atoms in total. The number of nitrogens with one attached hydrogen (secondary N) is 2. The minimum atomic E-state index is -4.17. The third-order valence-electron chi connectivity index (χ3n) is 6.95. The average molecular weight is 541 g/mol. The molecule has 1 aliphatic heterocycles. The van der Waals surface area contributed by atoms with E-state index in [1.807, 2.05) is 0 Å². The summed E-state index contributed by atoms with van der Waals surface area (Å²) in [6.45, 7) is 0.772. The molecule has 2 N–H and O–H groups in total. The number of rotatable bonds is 5. The molecule has 3 aromatic rings. The number of para-hydroxylation sites is 1. The summed E-state index contributed by atoms with van der Waals surface area (Å²) < 4.78 is 66.5. The highest BCUT2D eigenvalue weighted by Gasteiger charge is 2.41. The second-order valence-electron chi connectivity index (χ2n) is 9.33. The monoisotopic (exact) mass is 540 g/mol. The molecule has 37 heavy (non-hydrogen) atoms. The highest BCUT2D eigenvalue weighted by molar-refractivity contribution is 6.33. The van der Waals surface area contributed by atoms with Crippen LogP contribution in [0.3, 0.4) is 0 Å². The fourth-order valence-corrected chi connectivity index (χ4v) is 5.13. The molecule has 12 heteroatoms. The highest BCUT2D eigenvalue weighted by Crippen LogP contribution is 2.43. The van der Waals surface area contributed by atoms with Gasteiger partial charge in [0.1, 0.15) is 24.5 Å². The van der Waals surface area contributed by atoms with Gasteiger partial charge >= 0.3 is 6.18 Å². The Kier molecular flexibility index (Phi) is 6.82. The van der Waals surface area contributed by atoms with Gasteiger partial charge in [-0.2, -0.15) is 13.2 Å². The van der Waals surface area contributed by atoms with Crippen molar-refractivity contribution in [1.82, 2.24) is 14.9 Å². The third kappa shape index (κ3) is 5.01. The number of fused-ring (bicyclic) bond motifs is 3. The van der Waals surface area contributed by atoms with E-state index < -0.39 is 23.8 Å². The maximum Gasteiger partial charge on any atom is 0.391 e. The van der Waals surface area contributed by atoms with E-state index in [2.05, 4.69) is 15.6 Å². The summed E-state index contributed by atoms with van der Waals surface area (Å²) in [5, 5.41) is 5.92. The quantitative estimate of drug-likeness (QED) is 0.389. The molecule has 198 valence electrons. The van der Waals surface area contributed by atoms with Gasteiger partial charge in [-0.25, -0.2) is 9.37 Å². The largest absolute Gasteiger partial charge is 0.485 e. The van der Waals surface area contributed by atoms with Crippen LogP contribution < -0.4 is 20.1 Å². The van der Waals surface area contributed by atoms with Crippen LogP contribution in [0.2, 0.25) is 5.02 Å². The number of imidazole rings is 1. The Labute approximate surface area is 215 Å². The molecule has 0 saturated heterocycles. The minimum absolute atomic E-state index is 0.0320. The lowest BCUT2D eigenvalue weighted by molar-refractivity contribution is -0.183. The van der Waals surface area contributed by atoms with Gasteiger partial charge in [0.15, 0.2) is 11.5 Å². The highest BCUT2D eigenvalue weighted by atomic mass is 35.5. The van der Waals surface area contributed by atoms with Gasteiger partial charge in [0, 0.05) is 13.6 Å². The van der Waals surface area contributed by atoms with Crippen LogP contribution >= 0.6 is 11.6 Å². The maximum absolute atomic E-state index is 14.3. The molecule has 1 fully saturated rings.